The highest BCUT2D eigenvalue weighted by molar-refractivity contribution is 5.83. The van der Waals surface area contributed by atoms with Crippen molar-refractivity contribution in [2.24, 2.45) is 0 Å². The van der Waals surface area contributed by atoms with Gasteiger partial charge >= 0.3 is 5.97 Å². The number of aromatic nitrogens is 2. The molecule has 1 aliphatic rings. The van der Waals surface area contributed by atoms with Crippen LogP contribution in [-0.4, -0.2) is 39.3 Å². The Morgan fingerprint density at radius 1 is 1.25 bits per heavy atom. The van der Waals surface area contributed by atoms with Crippen molar-refractivity contribution in [1.29, 1.82) is 0 Å². The number of hydrogen-bond donors (Lipinski definition) is 2. The lowest BCUT2D eigenvalue weighted by Gasteiger charge is -2.18. The molecule has 1 saturated heterocycles. The van der Waals surface area contributed by atoms with Crippen molar-refractivity contribution >= 4 is 11.9 Å². The topological polar surface area (TPSA) is 115 Å². The summed E-state index contributed by atoms with van der Waals surface area (Å²) < 4.78 is 10.3. The molecule has 1 unspecified atom stereocenters. The molecule has 1 aromatic heterocycles. The van der Waals surface area contributed by atoms with Gasteiger partial charge < -0.3 is 19.7 Å². The van der Waals surface area contributed by atoms with Crippen molar-refractivity contribution in [1.82, 2.24) is 15.5 Å². The van der Waals surface area contributed by atoms with Crippen LogP contribution in [0.5, 0.6) is 0 Å². The van der Waals surface area contributed by atoms with Gasteiger partial charge in [-0.05, 0) is 18.4 Å². The van der Waals surface area contributed by atoms with E-state index in [9.17, 15) is 9.59 Å². The molecule has 8 nitrogen and oxygen atoms in total. The summed E-state index contributed by atoms with van der Waals surface area (Å²) in [6.45, 7) is 1.66. The maximum Gasteiger partial charge on any atom is 0.332 e. The predicted octanol–water partition coefficient (Wildman–Crippen LogP) is 1.22. The molecule has 0 bridgehead atoms. The number of carboxylic acid groups (broad SMARTS) is 1. The van der Waals surface area contributed by atoms with Crippen molar-refractivity contribution in [2.75, 3.05) is 0 Å². The van der Waals surface area contributed by atoms with Crippen molar-refractivity contribution < 1.29 is 24.0 Å². The summed E-state index contributed by atoms with van der Waals surface area (Å²) in [6.07, 6.45) is -1.07. The second-order valence-corrected chi connectivity index (χ2v) is 5.55. The zero-order valence-corrected chi connectivity index (χ0v) is 13.0. The summed E-state index contributed by atoms with van der Waals surface area (Å²) in [5.74, 6) is -0.725. The van der Waals surface area contributed by atoms with E-state index in [-0.39, 0.29) is 0 Å². The highest BCUT2D eigenvalue weighted by atomic mass is 16.5. The van der Waals surface area contributed by atoms with Crippen LogP contribution < -0.4 is 5.32 Å². The molecule has 126 valence electrons. The first kappa shape index (κ1) is 16.1. The highest BCUT2D eigenvalue weighted by Crippen LogP contribution is 2.23. The van der Waals surface area contributed by atoms with Gasteiger partial charge in [-0.3, -0.25) is 4.79 Å². The SMILES string of the molecule is Cc1nc(C(NC(=O)[C@H]2CC[C@@H](C(=O)O)O2)c2ccccc2)no1. The number of aryl methyl sites for hydroxylation is 1. The number of nitrogens with one attached hydrogen (secondary N) is 1. The molecule has 1 amide bonds. The molecular formula is C16H17N3O5. The lowest BCUT2D eigenvalue weighted by atomic mass is 10.1. The molecule has 8 heteroatoms. The van der Waals surface area contributed by atoms with Gasteiger partial charge in [-0.15, -0.1) is 0 Å². The van der Waals surface area contributed by atoms with Gasteiger partial charge in [0.2, 0.25) is 11.8 Å². The van der Waals surface area contributed by atoms with Crippen molar-refractivity contribution in [2.45, 2.75) is 38.0 Å². The van der Waals surface area contributed by atoms with Gasteiger partial charge in [0.1, 0.15) is 12.1 Å². The normalized spacial score (nSPS) is 21.4. The number of carbonyl (C=O) groups is 2. The molecule has 2 heterocycles. The third-order valence-corrected chi connectivity index (χ3v) is 3.81. The number of aliphatic carboxylic acids is 1. The molecule has 0 spiro atoms. The number of benzene rings is 1. The minimum absolute atomic E-state index is 0.310. The van der Waals surface area contributed by atoms with E-state index in [1.54, 1.807) is 6.92 Å². The van der Waals surface area contributed by atoms with Gasteiger partial charge in [-0.1, -0.05) is 35.5 Å². The molecule has 0 saturated carbocycles. The maximum atomic E-state index is 12.5. The zero-order valence-electron chi connectivity index (χ0n) is 13.0. The first-order valence-electron chi connectivity index (χ1n) is 7.58. The van der Waals surface area contributed by atoms with Crippen LogP contribution in [-0.2, 0) is 14.3 Å². The van der Waals surface area contributed by atoms with E-state index >= 15 is 0 Å². The molecule has 1 aliphatic heterocycles. The highest BCUT2D eigenvalue weighted by Gasteiger charge is 2.36. The first-order chi connectivity index (χ1) is 11.5. The summed E-state index contributed by atoms with van der Waals surface area (Å²) in [4.78, 5) is 27.6. The molecule has 1 aromatic carbocycles. The van der Waals surface area contributed by atoms with Crippen LogP contribution >= 0.6 is 0 Å². The van der Waals surface area contributed by atoms with Crippen molar-refractivity contribution in [3.05, 3.63) is 47.6 Å². The van der Waals surface area contributed by atoms with Crippen LogP contribution in [0.3, 0.4) is 0 Å². The van der Waals surface area contributed by atoms with Crippen LogP contribution in [0, 0.1) is 6.92 Å². The Kier molecular flexibility index (Phi) is 4.57. The molecule has 3 atom stereocenters. The fourth-order valence-corrected chi connectivity index (χ4v) is 2.62. The smallest absolute Gasteiger partial charge is 0.332 e. The van der Waals surface area contributed by atoms with Crippen LogP contribution in [0.1, 0.15) is 36.2 Å². The van der Waals surface area contributed by atoms with E-state index in [1.807, 2.05) is 30.3 Å². The van der Waals surface area contributed by atoms with Crippen LogP contribution in [0.2, 0.25) is 0 Å². The lowest BCUT2D eigenvalue weighted by Crippen LogP contribution is -2.38. The quantitative estimate of drug-likeness (QED) is 0.846. The fourth-order valence-electron chi connectivity index (χ4n) is 2.62. The monoisotopic (exact) mass is 331 g/mol. The minimum Gasteiger partial charge on any atom is -0.479 e. The second-order valence-electron chi connectivity index (χ2n) is 5.55. The molecule has 2 N–H and O–H groups in total. The van der Waals surface area contributed by atoms with E-state index in [4.69, 9.17) is 14.4 Å². The summed E-state index contributed by atoms with van der Waals surface area (Å²) in [7, 11) is 0. The summed E-state index contributed by atoms with van der Waals surface area (Å²) in [6, 6.07) is 8.63. The Morgan fingerprint density at radius 2 is 1.96 bits per heavy atom. The minimum atomic E-state index is -1.06. The fraction of sp³-hybridized carbons (Fsp3) is 0.375. The van der Waals surface area contributed by atoms with E-state index in [1.165, 1.54) is 0 Å². The van der Waals surface area contributed by atoms with Gasteiger partial charge in [0.25, 0.3) is 0 Å². The molecule has 0 radical (unpaired) electrons. The van der Waals surface area contributed by atoms with Gasteiger partial charge in [0.15, 0.2) is 11.9 Å². The number of ether oxygens (including phenoxy) is 1. The van der Waals surface area contributed by atoms with Crippen molar-refractivity contribution in [3.63, 3.8) is 0 Å². The standard InChI is InChI=1S/C16H17N3O5/c1-9-17-14(19-24-9)13(10-5-3-2-4-6-10)18-15(20)11-7-8-12(23-11)16(21)22/h2-6,11-13H,7-8H2,1H3,(H,18,20)(H,21,22)/t11-,12+,13?/m1/s1. The lowest BCUT2D eigenvalue weighted by molar-refractivity contribution is -0.151. The van der Waals surface area contributed by atoms with E-state index in [0.717, 1.165) is 5.56 Å². The van der Waals surface area contributed by atoms with Crippen LogP contribution in [0.25, 0.3) is 0 Å². The van der Waals surface area contributed by atoms with Gasteiger partial charge in [-0.2, -0.15) is 4.98 Å². The zero-order chi connectivity index (χ0) is 17.1. The summed E-state index contributed by atoms with van der Waals surface area (Å²) in [5.41, 5.74) is 0.791. The van der Waals surface area contributed by atoms with Gasteiger partial charge in [0, 0.05) is 6.92 Å². The predicted molar refractivity (Wildman–Crippen MR) is 81.0 cm³/mol. The molecule has 1 fully saturated rings. The van der Waals surface area contributed by atoms with E-state index in [2.05, 4.69) is 15.5 Å². The Balaban J connectivity index is 1.77. The number of carbonyl (C=O) groups excluding carboxylic acids is 1. The average molecular weight is 331 g/mol. The van der Waals surface area contributed by atoms with E-state index < -0.39 is 30.1 Å². The summed E-state index contributed by atoms with van der Waals surface area (Å²) in [5, 5.41) is 15.7. The van der Waals surface area contributed by atoms with Crippen molar-refractivity contribution in [3.8, 4) is 0 Å². The summed E-state index contributed by atoms with van der Waals surface area (Å²) >= 11 is 0. The van der Waals surface area contributed by atoms with Crippen LogP contribution in [0.15, 0.2) is 34.9 Å². The molecule has 0 aliphatic carbocycles. The molecule has 2 aromatic rings. The van der Waals surface area contributed by atoms with E-state index in [0.29, 0.717) is 24.6 Å². The molecular weight excluding hydrogens is 314 g/mol. The number of amides is 1. The third kappa shape index (κ3) is 3.43. The third-order valence-electron chi connectivity index (χ3n) is 3.81. The average Bonchev–Trinajstić information content (AvgIpc) is 3.22. The molecule has 24 heavy (non-hydrogen) atoms. The Hall–Kier alpha value is -2.74. The Labute approximate surface area is 137 Å². The van der Waals surface area contributed by atoms with Gasteiger partial charge in [-0.25, -0.2) is 4.79 Å². The Morgan fingerprint density at radius 3 is 2.54 bits per heavy atom. The number of rotatable bonds is 5. The van der Waals surface area contributed by atoms with Gasteiger partial charge in [0.05, 0.1) is 0 Å². The van der Waals surface area contributed by atoms with Crippen LogP contribution in [0.4, 0.5) is 0 Å². The second kappa shape index (κ2) is 6.79. The Bertz CT molecular complexity index is 730. The maximum absolute atomic E-state index is 12.5. The first-order valence-corrected chi connectivity index (χ1v) is 7.58. The molecule has 3 rings (SSSR count). The number of carboxylic acids is 1. The number of hydrogen-bond acceptors (Lipinski definition) is 6. The number of nitrogens with zero attached hydrogens (tertiary/aromatic N) is 2. The largest absolute Gasteiger partial charge is 0.479 e.